The van der Waals surface area contributed by atoms with E-state index in [2.05, 4.69) is 10.6 Å². The molecule has 3 aromatic carbocycles. The van der Waals surface area contributed by atoms with Gasteiger partial charge in [0.1, 0.15) is 16.3 Å². The van der Waals surface area contributed by atoms with Crippen molar-refractivity contribution in [1.29, 1.82) is 0 Å². The largest absolute Gasteiger partial charge is 0.504 e. The SMILES string of the molecule is NS(=O)(=O)c1c(Cl)ccc(Nc2c(Nc3ccccc3Cl)c(=O)c2=O)c1O. The van der Waals surface area contributed by atoms with E-state index in [4.69, 9.17) is 28.3 Å². The van der Waals surface area contributed by atoms with Gasteiger partial charge in [0, 0.05) is 0 Å². The molecule has 140 valence electrons. The fraction of sp³-hybridized carbons (Fsp3) is 0. The van der Waals surface area contributed by atoms with E-state index >= 15 is 0 Å². The zero-order chi connectivity index (χ0) is 19.9. The van der Waals surface area contributed by atoms with Gasteiger partial charge >= 0.3 is 0 Å². The van der Waals surface area contributed by atoms with Gasteiger partial charge in [-0.25, -0.2) is 13.6 Å². The fourth-order valence-corrected chi connectivity index (χ4v) is 3.76. The van der Waals surface area contributed by atoms with Gasteiger partial charge in [0.15, 0.2) is 5.75 Å². The van der Waals surface area contributed by atoms with Gasteiger partial charge in [-0.15, -0.1) is 0 Å². The third-order valence-corrected chi connectivity index (χ3v) is 5.41. The molecule has 0 amide bonds. The smallest absolute Gasteiger partial charge is 0.253 e. The highest BCUT2D eigenvalue weighted by molar-refractivity contribution is 7.89. The average Bonchev–Trinajstić information content (AvgIpc) is 2.59. The van der Waals surface area contributed by atoms with Crippen LogP contribution in [0.5, 0.6) is 5.75 Å². The standard InChI is InChI=1S/C16H11Cl2N3O5S/c17-7-3-1-2-4-9(7)20-11-12(15(24)14(11)23)21-10-6-5-8(18)16(13(10)22)27(19,25)26/h1-6,20-22H,(H2,19,25,26). The third-order valence-electron chi connectivity index (χ3n) is 3.67. The minimum atomic E-state index is -4.33. The summed E-state index contributed by atoms with van der Waals surface area (Å²) in [5.41, 5.74) is -1.68. The van der Waals surface area contributed by atoms with Gasteiger partial charge in [0.2, 0.25) is 10.0 Å². The fourth-order valence-electron chi connectivity index (χ4n) is 2.38. The zero-order valence-electron chi connectivity index (χ0n) is 13.3. The molecule has 0 aromatic heterocycles. The van der Waals surface area contributed by atoms with Gasteiger partial charge in [0.05, 0.1) is 21.4 Å². The van der Waals surface area contributed by atoms with Gasteiger partial charge in [-0.3, -0.25) is 9.59 Å². The van der Waals surface area contributed by atoms with Crippen LogP contribution in [0.2, 0.25) is 10.0 Å². The second kappa shape index (κ2) is 6.86. The molecular formula is C16H11Cl2N3O5S. The molecule has 0 atom stereocenters. The van der Waals surface area contributed by atoms with Crippen LogP contribution >= 0.6 is 23.2 Å². The normalized spacial score (nSPS) is 11.5. The summed E-state index contributed by atoms with van der Waals surface area (Å²) < 4.78 is 23.2. The molecule has 0 unspecified atom stereocenters. The number of anilines is 4. The molecule has 8 nitrogen and oxygen atoms in total. The van der Waals surface area contributed by atoms with Crippen molar-refractivity contribution >= 4 is 56.0 Å². The molecule has 0 aliphatic heterocycles. The number of hydrogen-bond donors (Lipinski definition) is 4. The van der Waals surface area contributed by atoms with Gasteiger partial charge in [0.25, 0.3) is 10.9 Å². The monoisotopic (exact) mass is 427 g/mol. The van der Waals surface area contributed by atoms with E-state index < -0.39 is 31.5 Å². The Morgan fingerprint density at radius 1 is 0.852 bits per heavy atom. The van der Waals surface area contributed by atoms with Crippen molar-refractivity contribution in [2.45, 2.75) is 4.90 Å². The van der Waals surface area contributed by atoms with Crippen LogP contribution in [0.15, 0.2) is 50.9 Å². The predicted octanol–water partition coefficient (Wildman–Crippen LogP) is 2.43. The minimum Gasteiger partial charge on any atom is -0.504 e. The Morgan fingerprint density at radius 2 is 1.41 bits per heavy atom. The number of aromatic hydroxyl groups is 1. The highest BCUT2D eigenvalue weighted by atomic mass is 35.5. The predicted molar refractivity (Wildman–Crippen MR) is 104 cm³/mol. The third kappa shape index (κ3) is 3.50. The first-order valence-corrected chi connectivity index (χ1v) is 9.57. The molecule has 27 heavy (non-hydrogen) atoms. The maximum atomic E-state index is 11.9. The van der Waals surface area contributed by atoms with E-state index in [9.17, 15) is 23.1 Å². The Labute approximate surface area is 162 Å². The Balaban J connectivity index is 2.02. The van der Waals surface area contributed by atoms with Gasteiger partial charge in [-0.2, -0.15) is 0 Å². The first-order chi connectivity index (χ1) is 12.6. The molecule has 3 aromatic rings. The molecule has 0 radical (unpaired) electrons. The molecular weight excluding hydrogens is 417 g/mol. The van der Waals surface area contributed by atoms with Crippen LogP contribution in [0.3, 0.4) is 0 Å². The van der Waals surface area contributed by atoms with Gasteiger partial charge in [-0.05, 0) is 24.3 Å². The zero-order valence-corrected chi connectivity index (χ0v) is 15.6. The summed E-state index contributed by atoms with van der Waals surface area (Å²) in [5.74, 6) is -0.776. The number of para-hydroxylation sites is 1. The van der Waals surface area contributed by atoms with E-state index in [0.717, 1.165) is 0 Å². The van der Waals surface area contributed by atoms with Crippen molar-refractivity contribution in [1.82, 2.24) is 0 Å². The number of hydrogen-bond acceptors (Lipinski definition) is 7. The molecule has 0 spiro atoms. The van der Waals surface area contributed by atoms with Crippen molar-refractivity contribution < 1.29 is 13.5 Å². The highest BCUT2D eigenvalue weighted by Crippen LogP contribution is 2.38. The van der Waals surface area contributed by atoms with Crippen LogP contribution in [0, 0.1) is 0 Å². The number of phenols is 1. The Morgan fingerprint density at radius 3 is 1.96 bits per heavy atom. The molecule has 0 aliphatic rings. The lowest BCUT2D eigenvalue weighted by atomic mass is 10.1. The van der Waals surface area contributed by atoms with E-state index in [1.54, 1.807) is 24.3 Å². The number of benzene rings is 2. The molecule has 0 aliphatic carbocycles. The number of rotatable bonds is 5. The number of nitrogens with one attached hydrogen (secondary N) is 2. The molecule has 0 bridgehead atoms. The second-order valence-electron chi connectivity index (χ2n) is 5.46. The van der Waals surface area contributed by atoms with Crippen LogP contribution in [-0.2, 0) is 10.0 Å². The Hall–Kier alpha value is -2.59. The first kappa shape index (κ1) is 19.2. The molecule has 0 fully saturated rings. The van der Waals surface area contributed by atoms with Crippen molar-refractivity contribution in [2.75, 3.05) is 10.6 Å². The van der Waals surface area contributed by atoms with Gasteiger partial charge < -0.3 is 15.7 Å². The van der Waals surface area contributed by atoms with Crippen molar-refractivity contribution in [3.05, 3.63) is 66.9 Å². The molecule has 11 heteroatoms. The second-order valence-corrected chi connectivity index (χ2v) is 7.77. The molecule has 3 rings (SSSR count). The number of nitrogens with two attached hydrogens (primary N) is 1. The van der Waals surface area contributed by atoms with E-state index in [0.29, 0.717) is 10.7 Å². The summed E-state index contributed by atoms with van der Waals surface area (Å²) >= 11 is 11.8. The lowest BCUT2D eigenvalue weighted by Crippen LogP contribution is -2.35. The lowest BCUT2D eigenvalue weighted by molar-refractivity contribution is 0.461. The van der Waals surface area contributed by atoms with Crippen molar-refractivity contribution in [3.8, 4) is 5.75 Å². The number of phenolic OH excluding ortho intramolecular Hbond substituents is 1. The lowest BCUT2D eigenvalue weighted by Gasteiger charge is -2.17. The maximum absolute atomic E-state index is 11.9. The topological polar surface area (TPSA) is 139 Å². The molecule has 0 saturated carbocycles. The maximum Gasteiger partial charge on any atom is 0.253 e. The average molecular weight is 428 g/mol. The molecule has 0 heterocycles. The van der Waals surface area contributed by atoms with Crippen LogP contribution in [0.4, 0.5) is 22.7 Å². The summed E-state index contributed by atoms with van der Waals surface area (Å²) in [6.45, 7) is 0. The summed E-state index contributed by atoms with van der Waals surface area (Å²) in [6.07, 6.45) is 0. The molecule has 0 saturated heterocycles. The summed E-state index contributed by atoms with van der Waals surface area (Å²) in [7, 11) is -4.33. The van der Waals surface area contributed by atoms with Crippen LogP contribution in [0.25, 0.3) is 0 Å². The summed E-state index contributed by atoms with van der Waals surface area (Å²) in [4.78, 5) is 23.1. The first-order valence-electron chi connectivity index (χ1n) is 7.27. The number of primary sulfonamides is 1. The Kier molecular flexibility index (Phi) is 4.87. The van der Waals surface area contributed by atoms with Gasteiger partial charge in [-0.1, -0.05) is 35.3 Å². The minimum absolute atomic E-state index is 0.0837. The quantitative estimate of drug-likeness (QED) is 0.362. The summed E-state index contributed by atoms with van der Waals surface area (Å²) in [6, 6.07) is 8.97. The summed E-state index contributed by atoms with van der Waals surface area (Å²) in [5, 5.41) is 20.5. The van der Waals surface area contributed by atoms with E-state index in [1.807, 2.05) is 0 Å². The van der Waals surface area contributed by atoms with E-state index in [1.165, 1.54) is 12.1 Å². The van der Waals surface area contributed by atoms with Crippen LogP contribution in [-0.4, -0.2) is 13.5 Å². The Bertz CT molecular complexity index is 1230. The highest BCUT2D eigenvalue weighted by Gasteiger charge is 2.26. The van der Waals surface area contributed by atoms with Crippen molar-refractivity contribution in [3.63, 3.8) is 0 Å². The number of halogens is 2. The van der Waals surface area contributed by atoms with Crippen molar-refractivity contribution in [2.24, 2.45) is 5.14 Å². The van der Waals surface area contributed by atoms with Crippen LogP contribution < -0.4 is 26.6 Å². The number of sulfonamides is 1. The van der Waals surface area contributed by atoms with E-state index in [-0.39, 0.29) is 22.1 Å². The van der Waals surface area contributed by atoms with Crippen LogP contribution in [0.1, 0.15) is 0 Å². The molecule has 5 N–H and O–H groups in total.